The van der Waals surface area contributed by atoms with Crippen LogP contribution in [0, 0.1) is 0 Å². The molecular weight excluding hydrogens is 454 g/mol. The van der Waals surface area contributed by atoms with Crippen LogP contribution in [0.2, 0.25) is 5.02 Å². The molecule has 0 radical (unpaired) electrons. The summed E-state index contributed by atoms with van der Waals surface area (Å²) in [4.78, 5) is 18.2. The maximum Gasteiger partial charge on any atom is 0.410 e. The maximum absolute atomic E-state index is 13.6. The number of sulfonamides is 1. The van der Waals surface area contributed by atoms with Gasteiger partial charge in [-0.05, 0) is 53.2 Å². The Morgan fingerprint density at radius 1 is 1.31 bits per heavy atom. The lowest BCUT2D eigenvalue weighted by molar-refractivity contribution is 0.0232. The Morgan fingerprint density at radius 3 is 2.62 bits per heavy atom. The van der Waals surface area contributed by atoms with E-state index in [1.54, 1.807) is 40.0 Å². The summed E-state index contributed by atoms with van der Waals surface area (Å²) < 4.78 is 39.7. The number of hydrogen-bond acceptors (Lipinski definition) is 6. The molecule has 0 bridgehead atoms. The molecule has 3 rings (SSSR count). The average molecular weight is 484 g/mol. The number of fused-ring (bicyclic) bond motifs is 1. The number of rotatable bonds is 5. The topological polar surface area (TPSA) is 89.0 Å². The predicted octanol–water partition coefficient (Wildman–Crippen LogP) is 4.31. The number of nitrogens with zero attached hydrogens (tertiary/aromatic N) is 3. The molecule has 0 spiro atoms. The van der Waals surface area contributed by atoms with Crippen LogP contribution in [0.15, 0.2) is 29.3 Å². The third-order valence-corrected chi connectivity index (χ3v) is 7.31. The minimum Gasteiger partial charge on any atom is -0.475 e. The molecule has 1 aliphatic heterocycles. The molecule has 1 aliphatic rings. The monoisotopic (exact) mass is 483 g/mol. The number of pyridine rings is 1. The first kappa shape index (κ1) is 24.5. The number of carbonyl (C=O) groups is 1. The summed E-state index contributed by atoms with van der Waals surface area (Å²) in [6.45, 7) is 9.57. The molecule has 2 aromatic rings. The maximum atomic E-state index is 13.6. The van der Waals surface area contributed by atoms with Gasteiger partial charge >= 0.3 is 6.09 Å². The minimum atomic E-state index is -3.87. The Labute approximate surface area is 194 Å². The lowest BCUT2D eigenvalue weighted by atomic mass is 10.1. The van der Waals surface area contributed by atoms with Gasteiger partial charge in [-0.15, -0.1) is 0 Å². The molecule has 0 unspecified atom stereocenters. The molecule has 0 saturated carbocycles. The van der Waals surface area contributed by atoms with Crippen molar-refractivity contribution < 1.29 is 22.7 Å². The zero-order chi connectivity index (χ0) is 23.8. The molecule has 10 heteroatoms. The number of benzene rings is 1. The van der Waals surface area contributed by atoms with Crippen LogP contribution in [0.25, 0.3) is 10.8 Å². The molecule has 1 saturated heterocycles. The van der Waals surface area contributed by atoms with Crippen molar-refractivity contribution in [1.29, 1.82) is 0 Å². The van der Waals surface area contributed by atoms with Crippen molar-refractivity contribution in [2.75, 3.05) is 20.1 Å². The molecule has 1 atom stereocenters. The van der Waals surface area contributed by atoms with Crippen molar-refractivity contribution in [3.8, 4) is 5.88 Å². The van der Waals surface area contributed by atoms with E-state index < -0.39 is 21.7 Å². The summed E-state index contributed by atoms with van der Waals surface area (Å²) in [5.74, 6) is 0.334. The summed E-state index contributed by atoms with van der Waals surface area (Å²) in [5, 5.41) is 1.15. The first-order valence-corrected chi connectivity index (χ1v) is 12.3. The lowest BCUT2D eigenvalue weighted by Crippen LogP contribution is -2.42. The standard InChI is InChI=1S/C22H30ClN3O5S/c1-14(2)30-20-16-8-7-9-18(19(16)17(23)12-24-20)32(28,29)26-11-10-15(13-26)25(6)21(27)31-22(3,4)5/h7-9,12,14-15H,10-11,13H2,1-6H3/t15-/m1/s1. The Kier molecular flexibility index (Phi) is 6.93. The van der Waals surface area contributed by atoms with Crippen molar-refractivity contribution in [1.82, 2.24) is 14.2 Å². The lowest BCUT2D eigenvalue weighted by Gasteiger charge is -2.28. The Hall–Kier alpha value is -2.10. The fourth-order valence-corrected chi connectivity index (χ4v) is 5.63. The van der Waals surface area contributed by atoms with E-state index in [4.69, 9.17) is 21.1 Å². The highest BCUT2D eigenvalue weighted by atomic mass is 35.5. The summed E-state index contributed by atoms with van der Waals surface area (Å²) >= 11 is 6.40. The minimum absolute atomic E-state index is 0.0941. The smallest absolute Gasteiger partial charge is 0.410 e. The van der Waals surface area contributed by atoms with Crippen molar-refractivity contribution in [2.24, 2.45) is 0 Å². The van der Waals surface area contributed by atoms with Gasteiger partial charge in [0, 0.05) is 37.0 Å². The van der Waals surface area contributed by atoms with Gasteiger partial charge in [0.1, 0.15) is 5.60 Å². The van der Waals surface area contributed by atoms with Gasteiger partial charge in [-0.1, -0.05) is 17.7 Å². The van der Waals surface area contributed by atoms with E-state index in [2.05, 4.69) is 4.98 Å². The molecule has 8 nitrogen and oxygen atoms in total. The summed E-state index contributed by atoms with van der Waals surface area (Å²) in [6.07, 6.45) is 1.31. The molecule has 1 aromatic heterocycles. The van der Waals surface area contributed by atoms with Crippen LogP contribution in [0.4, 0.5) is 4.79 Å². The fraction of sp³-hybridized carbons (Fsp3) is 0.545. The van der Waals surface area contributed by atoms with E-state index >= 15 is 0 Å². The van der Waals surface area contributed by atoms with Gasteiger partial charge < -0.3 is 14.4 Å². The molecule has 2 heterocycles. The quantitative estimate of drug-likeness (QED) is 0.629. The van der Waals surface area contributed by atoms with Gasteiger partial charge in [-0.3, -0.25) is 0 Å². The molecule has 176 valence electrons. The van der Waals surface area contributed by atoms with E-state index in [9.17, 15) is 13.2 Å². The average Bonchev–Trinajstić information content (AvgIpc) is 3.18. The number of halogens is 1. The van der Waals surface area contributed by atoms with E-state index in [-0.39, 0.29) is 35.2 Å². The molecular formula is C22H30ClN3O5S. The van der Waals surface area contributed by atoms with E-state index in [1.165, 1.54) is 21.5 Å². The number of hydrogen-bond donors (Lipinski definition) is 0. The zero-order valence-electron chi connectivity index (χ0n) is 19.3. The second-order valence-electron chi connectivity index (χ2n) is 9.15. The fourth-order valence-electron chi connectivity index (χ4n) is 3.60. The van der Waals surface area contributed by atoms with Crippen LogP contribution in [-0.2, 0) is 14.8 Å². The highest BCUT2D eigenvalue weighted by Gasteiger charge is 2.37. The van der Waals surface area contributed by atoms with Crippen molar-refractivity contribution in [3.63, 3.8) is 0 Å². The van der Waals surface area contributed by atoms with Gasteiger partial charge in [0.15, 0.2) is 0 Å². The number of amides is 1. The first-order chi connectivity index (χ1) is 14.8. The van der Waals surface area contributed by atoms with Gasteiger partial charge in [0.25, 0.3) is 0 Å². The molecule has 1 aromatic carbocycles. The molecule has 0 N–H and O–H groups in total. The van der Waals surface area contributed by atoms with Crippen molar-refractivity contribution in [2.45, 2.75) is 63.7 Å². The summed E-state index contributed by atoms with van der Waals surface area (Å²) in [7, 11) is -2.24. The van der Waals surface area contributed by atoms with Crippen molar-refractivity contribution in [3.05, 3.63) is 29.4 Å². The van der Waals surface area contributed by atoms with E-state index in [0.717, 1.165) is 0 Å². The van der Waals surface area contributed by atoms with E-state index in [0.29, 0.717) is 23.1 Å². The van der Waals surface area contributed by atoms with Crippen LogP contribution in [0.1, 0.15) is 41.0 Å². The highest BCUT2D eigenvalue weighted by Crippen LogP contribution is 2.36. The highest BCUT2D eigenvalue weighted by molar-refractivity contribution is 7.89. The van der Waals surface area contributed by atoms with Gasteiger partial charge in [-0.25, -0.2) is 18.2 Å². The second kappa shape index (κ2) is 9.03. The second-order valence-corrected chi connectivity index (χ2v) is 11.5. The Bertz CT molecular complexity index is 1110. The van der Waals surface area contributed by atoms with Crippen LogP contribution < -0.4 is 4.74 Å². The SMILES string of the molecule is CC(C)Oc1ncc(Cl)c2c(S(=O)(=O)N3CC[C@@H](N(C)C(=O)OC(C)(C)C)C3)cccc12. The Balaban J connectivity index is 1.91. The normalized spacial score (nSPS) is 17.7. The zero-order valence-corrected chi connectivity index (χ0v) is 20.8. The van der Waals surface area contributed by atoms with Crippen LogP contribution >= 0.6 is 11.6 Å². The number of aromatic nitrogens is 1. The summed E-state index contributed by atoms with van der Waals surface area (Å²) in [6, 6.07) is 4.65. The predicted molar refractivity (Wildman–Crippen MR) is 124 cm³/mol. The van der Waals surface area contributed by atoms with Gasteiger partial charge in [0.2, 0.25) is 15.9 Å². The molecule has 1 amide bonds. The number of ether oxygens (including phenoxy) is 2. The molecule has 1 fully saturated rings. The third-order valence-electron chi connectivity index (χ3n) is 5.11. The van der Waals surface area contributed by atoms with E-state index in [1.807, 2.05) is 13.8 Å². The number of likely N-dealkylation sites (N-methyl/N-ethyl adjacent to an activating group) is 1. The largest absolute Gasteiger partial charge is 0.475 e. The van der Waals surface area contributed by atoms with Gasteiger partial charge in [0.05, 0.1) is 22.2 Å². The molecule has 0 aliphatic carbocycles. The van der Waals surface area contributed by atoms with Crippen LogP contribution in [0.5, 0.6) is 5.88 Å². The molecule has 32 heavy (non-hydrogen) atoms. The van der Waals surface area contributed by atoms with Gasteiger partial charge in [-0.2, -0.15) is 4.31 Å². The Morgan fingerprint density at radius 2 is 2.00 bits per heavy atom. The number of carbonyl (C=O) groups excluding carboxylic acids is 1. The summed E-state index contributed by atoms with van der Waals surface area (Å²) in [5.41, 5.74) is -0.626. The van der Waals surface area contributed by atoms with Crippen LogP contribution in [-0.4, -0.2) is 66.6 Å². The third kappa shape index (κ3) is 5.10. The van der Waals surface area contributed by atoms with Crippen molar-refractivity contribution >= 4 is 38.5 Å². The van der Waals surface area contributed by atoms with Crippen LogP contribution in [0.3, 0.4) is 0 Å². The first-order valence-electron chi connectivity index (χ1n) is 10.5.